The predicted molar refractivity (Wildman–Crippen MR) is 75.4 cm³/mol. The van der Waals surface area contributed by atoms with Gasteiger partial charge < -0.3 is 10.8 Å². The van der Waals surface area contributed by atoms with Gasteiger partial charge >= 0.3 is 0 Å². The fraction of sp³-hybridized carbons (Fsp3) is 0.250. The van der Waals surface area contributed by atoms with E-state index in [9.17, 15) is 0 Å². The molecule has 0 aromatic heterocycles. The summed E-state index contributed by atoms with van der Waals surface area (Å²) in [6.07, 6.45) is 0.713. The second-order valence-electron chi connectivity index (χ2n) is 4.71. The third-order valence-corrected chi connectivity index (χ3v) is 3.04. The molecule has 2 aromatic carbocycles. The predicted octanol–water partition coefficient (Wildman–Crippen LogP) is 2.52. The Morgan fingerprint density at radius 3 is 2.39 bits per heavy atom. The zero-order chi connectivity index (χ0) is 13.0. The van der Waals surface area contributed by atoms with Crippen LogP contribution in [0, 0.1) is 6.92 Å². The first-order valence-corrected chi connectivity index (χ1v) is 6.21. The molecule has 0 spiro atoms. The van der Waals surface area contributed by atoms with Gasteiger partial charge in [0, 0.05) is 6.04 Å². The molecule has 0 saturated heterocycles. The van der Waals surface area contributed by atoms with Crippen molar-refractivity contribution in [3.63, 3.8) is 0 Å². The lowest BCUT2D eigenvalue weighted by Gasteiger charge is -2.09. The lowest BCUT2D eigenvalue weighted by Crippen LogP contribution is -2.26. The topological polar surface area (TPSA) is 46.2 Å². The molecule has 94 valence electrons. The van der Waals surface area contributed by atoms with E-state index in [1.165, 1.54) is 16.7 Å². The van der Waals surface area contributed by atoms with Crippen LogP contribution in [0.15, 0.2) is 48.5 Å². The summed E-state index contributed by atoms with van der Waals surface area (Å²) in [7, 11) is 0. The Morgan fingerprint density at radius 2 is 1.78 bits per heavy atom. The van der Waals surface area contributed by atoms with Crippen molar-refractivity contribution >= 4 is 0 Å². The Bertz CT molecular complexity index is 505. The summed E-state index contributed by atoms with van der Waals surface area (Å²) in [5.41, 5.74) is 10.6. The van der Waals surface area contributed by atoms with Crippen LogP contribution in [-0.4, -0.2) is 17.8 Å². The van der Waals surface area contributed by atoms with Crippen LogP contribution in [0.5, 0.6) is 0 Å². The first kappa shape index (κ1) is 12.8. The number of benzene rings is 2. The number of aliphatic hydroxyl groups is 1. The van der Waals surface area contributed by atoms with E-state index in [4.69, 9.17) is 10.8 Å². The molecule has 2 aromatic rings. The molecule has 2 nitrogen and oxygen atoms in total. The first-order chi connectivity index (χ1) is 8.69. The molecule has 0 radical (unpaired) electrons. The summed E-state index contributed by atoms with van der Waals surface area (Å²) < 4.78 is 0. The van der Waals surface area contributed by atoms with E-state index in [0.717, 1.165) is 5.56 Å². The maximum absolute atomic E-state index is 8.93. The highest BCUT2D eigenvalue weighted by Gasteiger charge is 2.03. The molecule has 0 aliphatic heterocycles. The highest BCUT2D eigenvalue weighted by molar-refractivity contribution is 5.64. The zero-order valence-corrected chi connectivity index (χ0v) is 10.6. The smallest absolute Gasteiger partial charge is 0.0585 e. The van der Waals surface area contributed by atoms with Gasteiger partial charge in [-0.25, -0.2) is 0 Å². The first-order valence-electron chi connectivity index (χ1n) is 6.21. The molecule has 1 unspecified atom stereocenters. The van der Waals surface area contributed by atoms with Gasteiger partial charge in [0.1, 0.15) is 0 Å². The van der Waals surface area contributed by atoms with Crippen LogP contribution >= 0.6 is 0 Å². The minimum Gasteiger partial charge on any atom is -0.395 e. The number of aryl methyl sites for hydroxylation is 1. The molecule has 3 N–H and O–H groups in total. The molecule has 0 heterocycles. The molecule has 2 rings (SSSR count). The number of rotatable bonds is 4. The standard InChI is InChI=1S/C16H19NO/c1-12-3-2-4-15(9-12)14-7-5-13(6-8-14)10-16(17)11-18/h2-9,16,18H,10-11,17H2,1H3. The van der Waals surface area contributed by atoms with Crippen molar-refractivity contribution in [2.45, 2.75) is 19.4 Å². The van der Waals surface area contributed by atoms with E-state index in [-0.39, 0.29) is 12.6 Å². The normalized spacial score (nSPS) is 12.4. The summed E-state index contributed by atoms with van der Waals surface area (Å²) in [5, 5.41) is 8.93. The fourth-order valence-corrected chi connectivity index (χ4v) is 2.03. The number of nitrogens with two attached hydrogens (primary N) is 1. The lowest BCUT2D eigenvalue weighted by molar-refractivity contribution is 0.265. The van der Waals surface area contributed by atoms with Crippen LogP contribution in [0.2, 0.25) is 0 Å². The highest BCUT2D eigenvalue weighted by Crippen LogP contribution is 2.21. The fourth-order valence-electron chi connectivity index (χ4n) is 2.03. The molecule has 0 aliphatic rings. The monoisotopic (exact) mass is 241 g/mol. The molecule has 1 atom stereocenters. The maximum Gasteiger partial charge on any atom is 0.0585 e. The van der Waals surface area contributed by atoms with Crippen LogP contribution in [0.25, 0.3) is 11.1 Å². The van der Waals surface area contributed by atoms with Crippen molar-refractivity contribution in [3.05, 3.63) is 59.7 Å². The van der Waals surface area contributed by atoms with E-state index in [2.05, 4.69) is 55.5 Å². The van der Waals surface area contributed by atoms with Crippen molar-refractivity contribution in [2.24, 2.45) is 5.73 Å². The molecule has 0 fully saturated rings. The minimum absolute atomic E-state index is 0.0274. The van der Waals surface area contributed by atoms with Crippen molar-refractivity contribution in [1.82, 2.24) is 0 Å². The van der Waals surface area contributed by atoms with Crippen molar-refractivity contribution in [1.29, 1.82) is 0 Å². The van der Waals surface area contributed by atoms with Crippen molar-refractivity contribution in [3.8, 4) is 11.1 Å². The van der Waals surface area contributed by atoms with Gasteiger partial charge in [0.2, 0.25) is 0 Å². The van der Waals surface area contributed by atoms with Crippen LogP contribution in [0.1, 0.15) is 11.1 Å². The molecular weight excluding hydrogens is 222 g/mol. The lowest BCUT2D eigenvalue weighted by atomic mass is 10.00. The Labute approximate surface area is 108 Å². The van der Waals surface area contributed by atoms with Gasteiger partial charge in [-0.3, -0.25) is 0 Å². The van der Waals surface area contributed by atoms with Crippen LogP contribution in [0.4, 0.5) is 0 Å². The Balaban J connectivity index is 2.17. The quantitative estimate of drug-likeness (QED) is 0.864. The van der Waals surface area contributed by atoms with Gasteiger partial charge in [-0.15, -0.1) is 0 Å². The molecule has 0 saturated carbocycles. The Hall–Kier alpha value is -1.64. The largest absolute Gasteiger partial charge is 0.395 e. The zero-order valence-electron chi connectivity index (χ0n) is 10.6. The SMILES string of the molecule is Cc1cccc(-c2ccc(CC(N)CO)cc2)c1. The average molecular weight is 241 g/mol. The molecule has 0 aliphatic carbocycles. The van der Waals surface area contributed by atoms with E-state index in [1.807, 2.05) is 0 Å². The number of hydrogen-bond donors (Lipinski definition) is 2. The molecule has 2 heteroatoms. The van der Waals surface area contributed by atoms with E-state index in [0.29, 0.717) is 6.42 Å². The van der Waals surface area contributed by atoms with Crippen LogP contribution in [-0.2, 0) is 6.42 Å². The Kier molecular flexibility index (Phi) is 4.13. The third-order valence-electron chi connectivity index (χ3n) is 3.04. The van der Waals surface area contributed by atoms with Gasteiger partial charge in [0.15, 0.2) is 0 Å². The van der Waals surface area contributed by atoms with Gasteiger partial charge in [0.25, 0.3) is 0 Å². The number of hydrogen-bond acceptors (Lipinski definition) is 2. The van der Waals surface area contributed by atoms with E-state index in [1.54, 1.807) is 0 Å². The van der Waals surface area contributed by atoms with E-state index >= 15 is 0 Å². The molecule has 18 heavy (non-hydrogen) atoms. The maximum atomic E-state index is 8.93. The Morgan fingerprint density at radius 1 is 1.06 bits per heavy atom. The number of aliphatic hydroxyl groups excluding tert-OH is 1. The molecule has 0 bridgehead atoms. The second kappa shape index (κ2) is 5.80. The van der Waals surface area contributed by atoms with Gasteiger partial charge in [-0.2, -0.15) is 0 Å². The van der Waals surface area contributed by atoms with Crippen LogP contribution in [0.3, 0.4) is 0 Å². The van der Waals surface area contributed by atoms with Crippen LogP contribution < -0.4 is 5.73 Å². The van der Waals surface area contributed by atoms with Crippen molar-refractivity contribution < 1.29 is 5.11 Å². The third kappa shape index (κ3) is 3.19. The molecule has 0 amide bonds. The van der Waals surface area contributed by atoms with Gasteiger partial charge in [-0.05, 0) is 30.0 Å². The van der Waals surface area contributed by atoms with Gasteiger partial charge in [-0.1, -0.05) is 54.1 Å². The summed E-state index contributed by atoms with van der Waals surface area (Å²) in [6.45, 7) is 2.12. The van der Waals surface area contributed by atoms with Gasteiger partial charge in [0.05, 0.1) is 6.61 Å². The second-order valence-corrected chi connectivity index (χ2v) is 4.71. The van der Waals surface area contributed by atoms with Crippen molar-refractivity contribution in [2.75, 3.05) is 6.61 Å². The summed E-state index contributed by atoms with van der Waals surface area (Å²) >= 11 is 0. The highest BCUT2D eigenvalue weighted by atomic mass is 16.3. The average Bonchev–Trinajstić information content (AvgIpc) is 2.39. The minimum atomic E-state index is -0.171. The summed E-state index contributed by atoms with van der Waals surface area (Å²) in [5.74, 6) is 0. The summed E-state index contributed by atoms with van der Waals surface area (Å²) in [6, 6.07) is 16.6. The van der Waals surface area contributed by atoms with E-state index < -0.39 is 0 Å². The summed E-state index contributed by atoms with van der Waals surface area (Å²) in [4.78, 5) is 0. The molecular formula is C16H19NO.